The van der Waals surface area contributed by atoms with Crippen LogP contribution in [0.15, 0.2) is 0 Å². The van der Waals surface area contributed by atoms with Crippen LogP contribution in [0.4, 0.5) is 4.79 Å². The van der Waals surface area contributed by atoms with Crippen LogP contribution in [0.2, 0.25) is 0 Å². The van der Waals surface area contributed by atoms with E-state index in [2.05, 4.69) is 13.8 Å². The highest BCUT2D eigenvalue weighted by molar-refractivity contribution is 5.59. The van der Waals surface area contributed by atoms with E-state index in [-0.39, 0.29) is 0 Å². The van der Waals surface area contributed by atoms with Crippen LogP contribution in [0.1, 0.15) is 40.5 Å². The van der Waals surface area contributed by atoms with E-state index >= 15 is 0 Å². The van der Waals surface area contributed by atoms with E-state index in [1.807, 2.05) is 13.8 Å². The van der Waals surface area contributed by atoms with Gasteiger partial charge in [-0.3, -0.25) is 0 Å². The summed E-state index contributed by atoms with van der Waals surface area (Å²) in [5.74, 6) is 1.02. The summed E-state index contributed by atoms with van der Waals surface area (Å²) in [7, 11) is 0. The lowest BCUT2D eigenvalue weighted by Crippen LogP contribution is -2.12. The van der Waals surface area contributed by atoms with Gasteiger partial charge in [0.05, 0.1) is 13.2 Å². The van der Waals surface area contributed by atoms with Crippen LogP contribution in [-0.4, -0.2) is 19.4 Å². The van der Waals surface area contributed by atoms with Crippen molar-refractivity contribution in [1.29, 1.82) is 0 Å². The molecule has 0 rings (SSSR count). The second kappa shape index (κ2) is 7.65. The number of hydrogen-bond donors (Lipinski definition) is 0. The molecule has 3 nitrogen and oxygen atoms in total. The van der Waals surface area contributed by atoms with Gasteiger partial charge in [0, 0.05) is 0 Å². The third-order valence-corrected chi connectivity index (χ3v) is 1.68. The van der Waals surface area contributed by atoms with Gasteiger partial charge in [0.2, 0.25) is 0 Å². The molecule has 0 saturated carbocycles. The van der Waals surface area contributed by atoms with Crippen molar-refractivity contribution >= 4 is 6.16 Å². The molecule has 0 saturated heterocycles. The molecule has 14 heavy (non-hydrogen) atoms. The van der Waals surface area contributed by atoms with Crippen molar-refractivity contribution in [3.63, 3.8) is 0 Å². The molecule has 0 heterocycles. The maximum absolute atomic E-state index is 10.9. The summed E-state index contributed by atoms with van der Waals surface area (Å²) >= 11 is 0. The van der Waals surface area contributed by atoms with Gasteiger partial charge >= 0.3 is 6.16 Å². The Morgan fingerprint density at radius 1 is 1.07 bits per heavy atom. The van der Waals surface area contributed by atoms with E-state index in [4.69, 9.17) is 9.47 Å². The molecular formula is C11H22O3. The second-order valence-corrected chi connectivity index (χ2v) is 4.34. The van der Waals surface area contributed by atoms with Gasteiger partial charge in [-0.15, -0.1) is 0 Å². The maximum Gasteiger partial charge on any atom is 0.508 e. The Hall–Kier alpha value is -0.730. The Kier molecular flexibility index (Phi) is 7.25. The van der Waals surface area contributed by atoms with Gasteiger partial charge in [-0.25, -0.2) is 4.79 Å². The predicted molar refractivity (Wildman–Crippen MR) is 56.2 cm³/mol. The van der Waals surface area contributed by atoms with E-state index in [1.54, 1.807) is 0 Å². The maximum atomic E-state index is 10.9. The van der Waals surface area contributed by atoms with Crippen LogP contribution >= 0.6 is 0 Å². The van der Waals surface area contributed by atoms with Crippen molar-refractivity contribution in [2.24, 2.45) is 11.8 Å². The van der Waals surface area contributed by atoms with Crippen LogP contribution in [0.25, 0.3) is 0 Å². The zero-order chi connectivity index (χ0) is 11.0. The van der Waals surface area contributed by atoms with E-state index in [0.717, 1.165) is 12.8 Å². The molecule has 0 amide bonds. The normalized spacial score (nSPS) is 10.7. The van der Waals surface area contributed by atoms with Crippen molar-refractivity contribution in [3.05, 3.63) is 0 Å². The third-order valence-electron chi connectivity index (χ3n) is 1.68. The molecule has 0 unspecified atom stereocenters. The molecule has 0 aliphatic rings. The number of carbonyl (C=O) groups excluding carboxylic acids is 1. The van der Waals surface area contributed by atoms with Gasteiger partial charge in [0.25, 0.3) is 0 Å². The van der Waals surface area contributed by atoms with E-state index in [9.17, 15) is 4.79 Å². The monoisotopic (exact) mass is 202 g/mol. The first-order valence-corrected chi connectivity index (χ1v) is 5.32. The van der Waals surface area contributed by atoms with Crippen molar-refractivity contribution in [2.75, 3.05) is 13.2 Å². The highest BCUT2D eigenvalue weighted by Crippen LogP contribution is 2.03. The van der Waals surface area contributed by atoms with Gasteiger partial charge in [-0.2, -0.15) is 0 Å². The summed E-state index contributed by atoms with van der Waals surface area (Å²) < 4.78 is 9.73. The standard InChI is InChI=1S/C11H22O3/c1-9(2)6-5-7-13-11(12)14-8-10(3)4/h9-10H,5-8H2,1-4H3. The molecule has 84 valence electrons. The average molecular weight is 202 g/mol. The molecule has 3 heteroatoms. The molecule has 0 atom stereocenters. The van der Waals surface area contributed by atoms with Crippen LogP contribution in [0, 0.1) is 11.8 Å². The van der Waals surface area contributed by atoms with Crippen LogP contribution < -0.4 is 0 Å². The van der Waals surface area contributed by atoms with Crippen LogP contribution in [0.5, 0.6) is 0 Å². The lowest BCUT2D eigenvalue weighted by atomic mass is 10.1. The number of ether oxygens (including phenoxy) is 2. The Labute approximate surface area is 86.8 Å². The Morgan fingerprint density at radius 3 is 2.21 bits per heavy atom. The minimum atomic E-state index is -0.539. The first-order chi connectivity index (χ1) is 6.52. The third kappa shape index (κ3) is 9.36. The molecule has 0 aromatic rings. The van der Waals surface area contributed by atoms with Gasteiger partial charge in [0.1, 0.15) is 0 Å². The van der Waals surface area contributed by atoms with Crippen LogP contribution in [-0.2, 0) is 9.47 Å². The predicted octanol–water partition coefficient (Wildman–Crippen LogP) is 3.23. The zero-order valence-electron chi connectivity index (χ0n) is 9.71. The molecular weight excluding hydrogens is 180 g/mol. The summed E-state index contributed by atoms with van der Waals surface area (Å²) in [5, 5.41) is 0. The quantitative estimate of drug-likeness (QED) is 0.490. The first kappa shape index (κ1) is 13.3. The lowest BCUT2D eigenvalue weighted by Gasteiger charge is -2.08. The highest BCUT2D eigenvalue weighted by Gasteiger charge is 2.04. The Morgan fingerprint density at radius 2 is 1.71 bits per heavy atom. The van der Waals surface area contributed by atoms with Gasteiger partial charge < -0.3 is 9.47 Å². The van der Waals surface area contributed by atoms with Gasteiger partial charge in [-0.1, -0.05) is 27.7 Å². The smallest absolute Gasteiger partial charge is 0.434 e. The molecule has 0 aliphatic carbocycles. The Bertz CT molecular complexity index is 153. The number of carbonyl (C=O) groups is 1. The van der Waals surface area contributed by atoms with Crippen molar-refractivity contribution < 1.29 is 14.3 Å². The minimum Gasteiger partial charge on any atom is -0.434 e. The van der Waals surface area contributed by atoms with Gasteiger partial charge in [-0.05, 0) is 24.7 Å². The molecule has 0 fully saturated rings. The molecule has 0 N–H and O–H groups in total. The largest absolute Gasteiger partial charge is 0.508 e. The molecule has 0 aromatic carbocycles. The van der Waals surface area contributed by atoms with Crippen molar-refractivity contribution in [2.45, 2.75) is 40.5 Å². The summed E-state index contributed by atoms with van der Waals surface area (Å²) in [6.45, 7) is 9.18. The molecule has 0 radical (unpaired) electrons. The van der Waals surface area contributed by atoms with Gasteiger partial charge in [0.15, 0.2) is 0 Å². The van der Waals surface area contributed by atoms with E-state index in [1.165, 1.54) is 0 Å². The van der Waals surface area contributed by atoms with Crippen molar-refractivity contribution in [1.82, 2.24) is 0 Å². The Balaban J connectivity index is 3.27. The lowest BCUT2D eigenvalue weighted by molar-refractivity contribution is 0.0460. The molecule has 0 aromatic heterocycles. The summed E-state index contributed by atoms with van der Waals surface area (Å²) in [5.41, 5.74) is 0. The number of hydrogen-bond acceptors (Lipinski definition) is 3. The second-order valence-electron chi connectivity index (χ2n) is 4.34. The highest BCUT2D eigenvalue weighted by atomic mass is 16.7. The summed E-state index contributed by atoms with van der Waals surface area (Å²) in [6, 6.07) is 0. The van der Waals surface area contributed by atoms with E-state index in [0.29, 0.717) is 25.0 Å². The molecule has 0 spiro atoms. The van der Waals surface area contributed by atoms with Crippen LogP contribution in [0.3, 0.4) is 0 Å². The fourth-order valence-electron chi connectivity index (χ4n) is 0.923. The fraction of sp³-hybridized carbons (Fsp3) is 0.909. The molecule has 0 aliphatic heterocycles. The summed E-state index contributed by atoms with van der Waals surface area (Å²) in [6.07, 6.45) is 1.45. The fourth-order valence-corrected chi connectivity index (χ4v) is 0.923. The van der Waals surface area contributed by atoms with E-state index < -0.39 is 6.16 Å². The minimum absolute atomic E-state index is 0.359. The summed E-state index contributed by atoms with van der Waals surface area (Å²) in [4.78, 5) is 10.9. The van der Waals surface area contributed by atoms with Crippen molar-refractivity contribution in [3.8, 4) is 0 Å². The first-order valence-electron chi connectivity index (χ1n) is 5.32. The topological polar surface area (TPSA) is 35.5 Å². The zero-order valence-corrected chi connectivity index (χ0v) is 9.71. The number of rotatable bonds is 6. The SMILES string of the molecule is CC(C)CCCOC(=O)OCC(C)C. The average Bonchev–Trinajstić information content (AvgIpc) is 2.08. The molecule has 0 bridgehead atoms.